The van der Waals surface area contributed by atoms with Crippen LogP contribution in [0.2, 0.25) is 0 Å². The van der Waals surface area contributed by atoms with E-state index in [0.717, 1.165) is 6.07 Å². The average molecular weight is 348 g/mol. The maximum atomic E-state index is 12.6. The molecule has 0 N–H and O–H groups in total. The molecule has 21 heavy (non-hydrogen) atoms. The van der Waals surface area contributed by atoms with Gasteiger partial charge in [0, 0.05) is 5.75 Å². The van der Waals surface area contributed by atoms with Crippen LogP contribution in [0, 0.1) is 6.92 Å². The van der Waals surface area contributed by atoms with Gasteiger partial charge in [0.2, 0.25) is 0 Å². The minimum absolute atomic E-state index is 0. The number of hydrogen-bond donors (Lipinski definition) is 0. The summed E-state index contributed by atoms with van der Waals surface area (Å²) in [5.41, 5.74) is -0.526. The average Bonchev–Trinajstić information content (AvgIpc) is 2.33. The Hall–Kier alpha value is 0.461. The summed E-state index contributed by atoms with van der Waals surface area (Å²) in [6, 6.07) is 3.57. The van der Waals surface area contributed by atoms with E-state index in [9.17, 15) is 21.4 Å². The Balaban J connectivity index is 0.00000400. The molecule has 0 aromatic heterocycles. The van der Waals surface area contributed by atoms with Crippen LogP contribution in [0.25, 0.3) is 0 Å². The molecule has 0 radical (unpaired) electrons. The number of halogens is 3. The van der Waals surface area contributed by atoms with Gasteiger partial charge < -0.3 is 17.7 Å². The van der Waals surface area contributed by atoms with E-state index in [1.54, 1.807) is 6.92 Å². The van der Waals surface area contributed by atoms with Crippen molar-refractivity contribution in [2.24, 2.45) is 0 Å². The quantitative estimate of drug-likeness (QED) is 0.482. The molecule has 0 bridgehead atoms. The number of ether oxygens (including phenoxy) is 1. The minimum atomic E-state index is -5.02. The molecule has 0 aliphatic heterocycles. The topological polar surface area (TPSA) is 43.4 Å². The third kappa shape index (κ3) is 7.52. The monoisotopic (exact) mass is 348 g/mol. The maximum Gasteiger partial charge on any atom is 1.00 e. The maximum absolute atomic E-state index is 12.6. The van der Waals surface area contributed by atoms with Gasteiger partial charge in [-0.15, -0.1) is 5.46 Å². The summed E-state index contributed by atoms with van der Waals surface area (Å²) in [4.78, 5) is 0. The Morgan fingerprint density at radius 2 is 1.86 bits per heavy atom. The SMILES string of the molecule is CCS(=O)(=O)CCCOc1ccc([B-](F)(F)F)c(C)c1.[K+]. The van der Waals surface area contributed by atoms with E-state index in [1.807, 2.05) is 0 Å². The van der Waals surface area contributed by atoms with Crippen molar-refractivity contribution in [1.29, 1.82) is 0 Å². The smallest absolute Gasteiger partial charge is 0.494 e. The predicted molar refractivity (Wildman–Crippen MR) is 74.3 cm³/mol. The van der Waals surface area contributed by atoms with Crippen molar-refractivity contribution >= 4 is 22.3 Å². The van der Waals surface area contributed by atoms with Crippen molar-refractivity contribution in [1.82, 2.24) is 0 Å². The fourth-order valence-electron chi connectivity index (χ4n) is 1.72. The Morgan fingerprint density at radius 3 is 2.33 bits per heavy atom. The molecule has 0 amide bonds. The Labute approximate surface area is 166 Å². The number of rotatable bonds is 7. The molecule has 0 fully saturated rings. The summed E-state index contributed by atoms with van der Waals surface area (Å²) in [6.45, 7) is -1.92. The summed E-state index contributed by atoms with van der Waals surface area (Å²) in [5.74, 6) is 0.418. The van der Waals surface area contributed by atoms with E-state index in [1.165, 1.54) is 19.1 Å². The van der Waals surface area contributed by atoms with Crippen LogP contribution in [0.1, 0.15) is 18.9 Å². The van der Waals surface area contributed by atoms with Crippen molar-refractivity contribution in [2.45, 2.75) is 20.3 Å². The second-order valence-corrected chi connectivity index (χ2v) is 7.00. The van der Waals surface area contributed by atoms with Gasteiger partial charge in [-0.3, -0.25) is 0 Å². The van der Waals surface area contributed by atoms with Crippen molar-refractivity contribution < 1.29 is 77.5 Å². The molecule has 0 aliphatic carbocycles. The molecule has 1 rings (SSSR count). The zero-order chi connectivity index (χ0) is 15.4. The van der Waals surface area contributed by atoms with Crippen LogP contribution < -0.4 is 61.6 Å². The van der Waals surface area contributed by atoms with Crippen LogP contribution in [0.15, 0.2) is 18.2 Å². The third-order valence-corrected chi connectivity index (χ3v) is 4.69. The number of sulfone groups is 1. The molecular weight excluding hydrogens is 331 g/mol. The molecule has 3 nitrogen and oxygen atoms in total. The summed E-state index contributed by atoms with van der Waals surface area (Å²) in [7, 11) is -3.03. The summed E-state index contributed by atoms with van der Waals surface area (Å²) >= 11 is 0. The molecule has 9 heteroatoms. The fourth-order valence-corrected chi connectivity index (χ4v) is 2.56. The number of aryl methyl sites for hydroxylation is 1. The van der Waals surface area contributed by atoms with Gasteiger partial charge in [0.05, 0.1) is 12.4 Å². The third-order valence-electron chi connectivity index (χ3n) is 2.90. The number of benzene rings is 1. The second-order valence-electron chi connectivity index (χ2n) is 4.53. The van der Waals surface area contributed by atoms with Gasteiger partial charge in [-0.1, -0.05) is 18.6 Å². The first-order valence-corrected chi connectivity index (χ1v) is 8.11. The second kappa shape index (κ2) is 8.93. The van der Waals surface area contributed by atoms with Gasteiger partial charge in [0.1, 0.15) is 15.6 Å². The molecule has 0 saturated heterocycles. The van der Waals surface area contributed by atoms with Crippen molar-refractivity contribution in [3.8, 4) is 5.75 Å². The van der Waals surface area contributed by atoms with Crippen molar-refractivity contribution in [3.05, 3.63) is 23.8 Å². The van der Waals surface area contributed by atoms with Crippen molar-refractivity contribution in [2.75, 3.05) is 18.1 Å². The molecule has 0 spiro atoms. The van der Waals surface area contributed by atoms with Crippen LogP contribution in [0.3, 0.4) is 0 Å². The van der Waals surface area contributed by atoms with Crippen LogP contribution >= 0.6 is 0 Å². The molecule has 0 heterocycles. The molecule has 1 aromatic carbocycles. The first-order chi connectivity index (χ1) is 9.15. The van der Waals surface area contributed by atoms with E-state index >= 15 is 0 Å². The zero-order valence-electron chi connectivity index (χ0n) is 12.4. The van der Waals surface area contributed by atoms with E-state index in [4.69, 9.17) is 4.74 Å². The van der Waals surface area contributed by atoms with E-state index in [2.05, 4.69) is 0 Å². The van der Waals surface area contributed by atoms with E-state index in [0.29, 0.717) is 12.2 Å². The molecular formula is C12H17BF3KO3S. The van der Waals surface area contributed by atoms with Gasteiger partial charge in [-0.25, -0.2) is 8.42 Å². The van der Waals surface area contributed by atoms with Crippen LogP contribution in [-0.2, 0) is 9.84 Å². The largest absolute Gasteiger partial charge is 1.00 e. The normalized spacial score (nSPS) is 11.9. The van der Waals surface area contributed by atoms with Gasteiger partial charge in [0.25, 0.3) is 0 Å². The van der Waals surface area contributed by atoms with E-state index in [-0.39, 0.29) is 75.1 Å². The molecule has 114 valence electrons. The van der Waals surface area contributed by atoms with E-state index < -0.39 is 22.3 Å². The molecule has 0 atom stereocenters. The van der Waals surface area contributed by atoms with Gasteiger partial charge in [-0.05, 0) is 25.5 Å². The fraction of sp³-hybridized carbons (Fsp3) is 0.500. The molecule has 1 aromatic rings. The van der Waals surface area contributed by atoms with Gasteiger partial charge >= 0.3 is 58.4 Å². The number of hydrogen-bond acceptors (Lipinski definition) is 3. The zero-order valence-corrected chi connectivity index (χ0v) is 16.3. The Kier molecular flexibility index (Phi) is 9.12. The summed E-state index contributed by atoms with van der Waals surface area (Å²) in [5, 5.41) is 0. The molecule has 0 aliphatic rings. The minimum Gasteiger partial charge on any atom is -0.494 e. The molecule has 0 saturated carbocycles. The first-order valence-electron chi connectivity index (χ1n) is 6.29. The van der Waals surface area contributed by atoms with Gasteiger partial charge in [-0.2, -0.15) is 0 Å². The van der Waals surface area contributed by atoms with Gasteiger partial charge in [0.15, 0.2) is 0 Å². The van der Waals surface area contributed by atoms with Crippen LogP contribution in [0.5, 0.6) is 5.75 Å². The Morgan fingerprint density at radius 1 is 1.24 bits per heavy atom. The van der Waals surface area contributed by atoms with Crippen LogP contribution in [0.4, 0.5) is 12.9 Å². The standard InChI is InChI=1S/C12H17BF3O3S.K/c1-3-20(17,18)8-4-7-19-11-5-6-12(10(2)9-11)13(14,15)16;/h5-6,9H,3-4,7-8H2,1-2H3;/q-1;+1. The van der Waals surface area contributed by atoms with Crippen molar-refractivity contribution in [3.63, 3.8) is 0 Å². The summed E-state index contributed by atoms with van der Waals surface area (Å²) < 4.78 is 65.6. The molecule has 0 unspecified atom stereocenters. The van der Waals surface area contributed by atoms with Crippen LogP contribution in [-0.4, -0.2) is 33.5 Å². The Bertz CT molecular complexity index is 561. The first kappa shape index (κ1) is 21.5. The predicted octanol–water partition coefficient (Wildman–Crippen LogP) is -0.743. The summed E-state index contributed by atoms with van der Waals surface area (Å²) in [6.07, 6.45) is 0.320.